The second-order valence-corrected chi connectivity index (χ2v) is 6.85. The van der Waals surface area contributed by atoms with Crippen LogP contribution in [0, 0.1) is 20.8 Å². The van der Waals surface area contributed by atoms with E-state index >= 15 is 0 Å². The third-order valence-electron chi connectivity index (χ3n) is 5.13. The third-order valence-corrected chi connectivity index (χ3v) is 5.13. The number of aromatic carboxylic acids is 1. The lowest BCUT2D eigenvalue weighted by Gasteiger charge is -2.10. The molecule has 0 aliphatic carbocycles. The van der Waals surface area contributed by atoms with Crippen molar-refractivity contribution in [1.82, 2.24) is 9.88 Å². The largest absolute Gasteiger partial charge is 0.478 e. The van der Waals surface area contributed by atoms with E-state index in [2.05, 4.69) is 30.4 Å². The number of carboxylic acid groups (broad SMARTS) is 1. The van der Waals surface area contributed by atoms with Gasteiger partial charge in [-0.3, -0.25) is 0 Å². The molecule has 0 saturated heterocycles. The zero-order valence-electron chi connectivity index (χ0n) is 16.1. The molecular weight excluding hydrogens is 336 g/mol. The van der Waals surface area contributed by atoms with Gasteiger partial charge in [-0.1, -0.05) is 42.5 Å². The Bertz CT molecular complexity index is 943. The van der Waals surface area contributed by atoms with Gasteiger partial charge in [0.2, 0.25) is 0 Å². The normalized spacial score (nSPS) is 10.9. The van der Waals surface area contributed by atoms with E-state index in [1.54, 1.807) is 0 Å². The lowest BCUT2D eigenvalue weighted by atomic mass is 10.1. The lowest BCUT2D eigenvalue weighted by molar-refractivity contribution is 0.0695. The maximum atomic E-state index is 11.9. The molecule has 0 saturated carbocycles. The third kappa shape index (κ3) is 3.96. The summed E-state index contributed by atoms with van der Waals surface area (Å²) in [5.41, 5.74) is 6.59. The van der Waals surface area contributed by atoms with E-state index in [0.29, 0.717) is 12.1 Å². The van der Waals surface area contributed by atoms with Crippen LogP contribution in [0.5, 0.6) is 0 Å². The summed E-state index contributed by atoms with van der Waals surface area (Å²) in [5.74, 6) is -0.874. The molecule has 0 aliphatic heterocycles. The first-order valence-corrected chi connectivity index (χ1v) is 9.25. The summed E-state index contributed by atoms with van der Waals surface area (Å²) in [7, 11) is 0. The molecule has 1 heterocycles. The minimum Gasteiger partial charge on any atom is -0.478 e. The van der Waals surface area contributed by atoms with Crippen molar-refractivity contribution in [2.24, 2.45) is 0 Å². The monoisotopic (exact) mass is 362 g/mol. The van der Waals surface area contributed by atoms with E-state index in [4.69, 9.17) is 0 Å². The van der Waals surface area contributed by atoms with Crippen LogP contribution in [0.2, 0.25) is 0 Å². The minimum absolute atomic E-state index is 0.403. The smallest absolute Gasteiger partial charge is 0.337 e. The molecule has 2 aromatic carbocycles. The Balaban J connectivity index is 1.80. The average Bonchev–Trinajstić information content (AvgIpc) is 2.91. The van der Waals surface area contributed by atoms with E-state index < -0.39 is 5.97 Å². The fourth-order valence-corrected chi connectivity index (χ4v) is 3.69. The van der Waals surface area contributed by atoms with Gasteiger partial charge in [-0.05, 0) is 57.0 Å². The lowest BCUT2D eigenvalue weighted by Crippen LogP contribution is -2.19. The van der Waals surface area contributed by atoms with Crippen molar-refractivity contribution < 1.29 is 9.90 Å². The first kappa shape index (κ1) is 18.9. The zero-order chi connectivity index (χ0) is 19.4. The van der Waals surface area contributed by atoms with Crippen LogP contribution >= 0.6 is 0 Å². The van der Waals surface area contributed by atoms with Gasteiger partial charge in [-0.15, -0.1) is 0 Å². The van der Waals surface area contributed by atoms with E-state index in [1.165, 1.54) is 11.1 Å². The first-order valence-electron chi connectivity index (χ1n) is 9.25. The number of nitrogens with zero attached hydrogens (tertiary/aromatic N) is 1. The van der Waals surface area contributed by atoms with Crippen molar-refractivity contribution in [3.8, 4) is 5.69 Å². The molecule has 0 radical (unpaired) electrons. The number of para-hydroxylation sites is 1. The number of hydrogen-bond acceptors (Lipinski definition) is 2. The van der Waals surface area contributed by atoms with Crippen LogP contribution < -0.4 is 5.32 Å². The summed E-state index contributed by atoms with van der Waals surface area (Å²) in [6, 6.07) is 18.3. The van der Waals surface area contributed by atoms with Crippen LogP contribution in [-0.2, 0) is 13.0 Å². The van der Waals surface area contributed by atoms with Crippen LogP contribution in [0.3, 0.4) is 0 Å². The molecule has 4 heteroatoms. The van der Waals surface area contributed by atoms with E-state index in [0.717, 1.165) is 35.6 Å². The Morgan fingerprint density at radius 1 is 0.963 bits per heavy atom. The predicted molar refractivity (Wildman–Crippen MR) is 109 cm³/mol. The molecule has 2 N–H and O–H groups in total. The van der Waals surface area contributed by atoms with Crippen molar-refractivity contribution >= 4 is 5.97 Å². The predicted octanol–water partition coefficient (Wildman–Crippen LogP) is 4.43. The van der Waals surface area contributed by atoms with E-state index in [9.17, 15) is 9.90 Å². The standard InChI is InChI=1S/C23H26N2O2/c1-16-9-7-8-10-19(16)13-14-24-15-21-17(2)25(18(3)22(21)23(26)27)20-11-5-4-6-12-20/h4-12,24H,13-15H2,1-3H3,(H,26,27). The van der Waals surface area contributed by atoms with Gasteiger partial charge in [0.25, 0.3) is 0 Å². The second kappa shape index (κ2) is 8.23. The number of hydrogen-bond donors (Lipinski definition) is 2. The summed E-state index contributed by atoms with van der Waals surface area (Å²) >= 11 is 0. The highest BCUT2D eigenvalue weighted by molar-refractivity contribution is 5.91. The Labute approximate surface area is 160 Å². The maximum absolute atomic E-state index is 11.9. The summed E-state index contributed by atoms with van der Waals surface area (Å²) in [5, 5.41) is 13.2. The van der Waals surface area contributed by atoms with Gasteiger partial charge in [-0.2, -0.15) is 0 Å². The molecule has 0 fully saturated rings. The summed E-state index contributed by atoms with van der Waals surface area (Å²) in [6.45, 7) is 7.33. The zero-order valence-corrected chi connectivity index (χ0v) is 16.1. The number of rotatable bonds is 7. The number of aryl methyl sites for hydroxylation is 1. The topological polar surface area (TPSA) is 54.3 Å². The number of aromatic nitrogens is 1. The number of nitrogens with one attached hydrogen (secondary N) is 1. The van der Waals surface area contributed by atoms with E-state index in [-0.39, 0.29) is 0 Å². The van der Waals surface area contributed by atoms with Crippen LogP contribution in [0.1, 0.15) is 38.4 Å². The van der Waals surface area contributed by atoms with Crippen molar-refractivity contribution in [2.45, 2.75) is 33.7 Å². The van der Waals surface area contributed by atoms with E-state index in [1.807, 2.05) is 54.8 Å². The van der Waals surface area contributed by atoms with Crippen molar-refractivity contribution in [3.05, 3.63) is 88.2 Å². The number of benzene rings is 2. The number of carbonyl (C=O) groups is 1. The fraction of sp³-hybridized carbons (Fsp3) is 0.261. The second-order valence-electron chi connectivity index (χ2n) is 6.85. The maximum Gasteiger partial charge on any atom is 0.337 e. The molecule has 3 rings (SSSR count). The van der Waals surface area contributed by atoms with Crippen molar-refractivity contribution in [1.29, 1.82) is 0 Å². The quantitative estimate of drug-likeness (QED) is 0.611. The summed E-state index contributed by atoms with van der Waals surface area (Å²) < 4.78 is 2.03. The Morgan fingerprint density at radius 3 is 2.30 bits per heavy atom. The van der Waals surface area contributed by atoms with Crippen molar-refractivity contribution in [3.63, 3.8) is 0 Å². The van der Waals surface area contributed by atoms with Gasteiger partial charge in [0.1, 0.15) is 0 Å². The Kier molecular flexibility index (Phi) is 5.77. The molecule has 4 nitrogen and oxygen atoms in total. The summed E-state index contributed by atoms with van der Waals surface area (Å²) in [6.07, 6.45) is 0.923. The van der Waals surface area contributed by atoms with Gasteiger partial charge in [0, 0.05) is 29.2 Å². The molecule has 0 bridgehead atoms. The van der Waals surface area contributed by atoms with Gasteiger partial charge in [0.05, 0.1) is 5.56 Å². The Morgan fingerprint density at radius 2 is 1.63 bits per heavy atom. The average molecular weight is 362 g/mol. The molecule has 0 aliphatic rings. The van der Waals surface area contributed by atoms with Crippen LogP contribution in [0.4, 0.5) is 0 Å². The molecule has 0 unspecified atom stereocenters. The molecule has 3 aromatic rings. The summed E-state index contributed by atoms with van der Waals surface area (Å²) in [4.78, 5) is 11.9. The highest BCUT2D eigenvalue weighted by Crippen LogP contribution is 2.26. The number of carboxylic acids is 1. The molecule has 0 atom stereocenters. The first-order chi connectivity index (χ1) is 13.0. The SMILES string of the molecule is Cc1ccccc1CCNCc1c(C(=O)O)c(C)n(-c2ccccc2)c1C. The highest BCUT2D eigenvalue weighted by Gasteiger charge is 2.22. The molecular formula is C23H26N2O2. The highest BCUT2D eigenvalue weighted by atomic mass is 16.4. The van der Waals surface area contributed by atoms with Gasteiger partial charge >= 0.3 is 5.97 Å². The van der Waals surface area contributed by atoms with Crippen LogP contribution in [-0.4, -0.2) is 22.2 Å². The molecule has 27 heavy (non-hydrogen) atoms. The van der Waals surface area contributed by atoms with Crippen LogP contribution in [0.25, 0.3) is 5.69 Å². The van der Waals surface area contributed by atoms with Gasteiger partial charge < -0.3 is 15.0 Å². The van der Waals surface area contributed by atoms with Crippen molar-refractivity contribution in [2.75, 3.05) is 6.54 Å². The molecule has 1 aromatic heterocycles. The molecule has 140 valence electrons. The van der Waals surface area contributed by atoms with Gasteiger partial charge in [0.15, 0.2) is 0 Å². The molecule has 0 spiro atoms. The molecule has 0 amide bonds. The fourth-order valence-electron chi connectivity index (χ4n) is 3.69. The minimum atomic E-state index is -0.874. The van der Waals surface area contributed by atoms with Crippen LogP contribution in [0.15, 0.2) is 54.6 Å². The van der Waals surface area contributed by atoms with Gasteiger partial charge in [-0.25, -0.2) is 4.79 Å². The Hall–Kier alpha value is -2.85.